The predicted octanol–water partition coefficient (Wildman–Crippen LogP) is 4.12. The topological polar surface area (TPSA) is 159 Å². The number of hydrogen-bond acceptors (Lipinski definition) is 10. The fourth-order valence-corrected chi connectivity index (χ4v) is 4.68. The average molecular weight is 635 g/mol. The molecule has 0 atom stereocenters. The molecule has 1 aliphatic heterocycles. The largest absolute Gasteiger partial charge is 0.487 e. The van der Waals surface area contributed by atoms with E-state index in [0.29, 0.717) is 76.4 Å². The number of aromatic nitrogens is 2. The van der Waals surface area contributed by atoms with Gasteiger partial charge in [-0.2, -0.15) is 0 Å². The Bertz CT molecular complexity index is 1210. The third-order valence-corrected chi connectivity index (χ3v) is 7.10. The minimum atomic E-state index is -0.897. The van der Waals surface area contributed by atoms with E-state index < -0.39 is 23.2 Å². The molecule has 0 unspecified atom stereocenters. The maximum atomic E-state index is 12.8. The Hall–Kier alpha value is -3.26. The number of nitrogens with zero attached hydrogens (tertiary/aromatic N) is 1. The zero-order chi connectivity index (χ0) is 32.0. The van der Waals surface area contributed by atoms with Crippen LogP contribution in [-0.4, -0.2) is 94.5 Å². The van der Waals surface area contributed by atoms with Crippen LogP contribution in [-0.2, 0) is 18.9 Å². The Morgan fingerprint density at radius 3 is 1.76 bits per heavy atom. The van der Waals surface area contributed by atoms with Crippen molar-refractivity contribution >= 4 is 23.0 Å². The minimum Gasteiger partial charge on any atom is -0.487 e. The van der Waals surface area contributed by atoms with Gasteiger partial charge in [0.05, 0.1) is 63.9 Å². The highest BCUT2D eigenvalue weighted by molar-refractivity contribution is 6.03. The second-order valence-corrected chi connectivity index (χ2v) is 10.8. The van der Waals surface area contributed by atoms with E-state index in [-0.39, 0.29) is 18.7 Å². The van der Waals surface area contributed by atoms with Gasteiger partial charge in [0.2, 0.25) is 0 Å². The summed E-state index contributed by atoms with van der Waals surface area (Å²) >= 11 is 0. The van der Waals surface area contributed by atoms with Crippen LogP contribution < -0.4 is 25.7 Å². The number of aromatic amines is 1. The average Bonchev–Trinajstić information content (AvgIpc) is 3.02. The van der Waals surface area contributed by atoms with Crippen LogP contribution in [0.25, 0.3) is 11.0 Å². The van der Waals surface area contributed by atoms with Crippen molar-refractivity contribution in [3.05, 3.63) is 28.2 Å². The Morgan fingerprint density at radius 1 is 0.711 bits per heavy atom. The van der Waals surface area contributed by atoms with Crippen molar-refractivity contribution in [1.82, 2.24) is 20.6 Å². The SMILES string of the molecule is CCCCCCCCCCCCNC(=O)NC(=O)c1nc2cc3c(cc2[nH]c1=O)OCCOCCOCCOCCOCCO3. The second-order valence-electron chi connectivity index (χ2n) is 10.8. The van der Waals surface area contributed by atoms with Crippen LogP contribution in [0.1, 0.15) is 81.6 Å². The summed E-state index contributed by atoms with van der Waals surface area (Å²) in [6.07, 6.45) is 11.9. The first kappa shape index (κ1) is 36.2. The van der Waals surface area contributed by atoms with E-state index in [1.807, 2.05) is 0 Å². The molecule has 0 aliphatic carbocycles. The van der Waals surface area contributed by atoms with Crippen molar-refractivity contribution in [3.63, 3.8) is 0 Å². The van der Waals surface area contributed by atoms with Crippen molar-refractivity contribution in [2.75, 3.05) is 72.6 Å². The summed E-state index contributed by atoms with van der Waals surface area (Å²) in [5, 5.41) is 4.88. The molecule has 252 valence electrons. The van der Waals surface area contributed by atoms with Crippen LogP contribution in [0, 0.1) is 0 Å². The second kappa shape index (κ2) is 22.3. The number of rotatable bonds is 12. The Labute approximate surface area is 265 Å². The standard InChI is InChI=1S/C32H50N4O9/c1-2-3-4-5-6-7-8-9-10-11-12-33-32(39)36-31(38)29-30(37)35-26-24-28-27(23-25(26)34-29)44-21-19-42-17-15-40-13-14-41-16-18-43-20-22-45-28/h23-24H,2-22H2,1H3,(H,35,37)(H2,33,36,38,39). The summed E-state index contributed by atoms with van der Waals surface area (Å²) in [5.74, 6) is -0.175. The molecule has 45 heavy (non-hydrogen) atoms. The maximum absolute atomic E-state index is 12.8. The molecule has 1 aromatic carbocycles. The van der Waals surface area contributed by atoms with Gasteiger partial charge in [0, 0.05) is 18.7 Å². The Kier molecular flexibility index (Phi) is 17.9. The molecule has 0 fully saturated rings. The first-order valence-electron chi connectivity index (χ1n) is 16.3. The van der Waals surface area contributed by atoms with Crippen LogP contribution >= 0.6 is 0 Å². The molecule has 0 saturated heterocycles. The summed E-state index contributed by atoms with van der Waals surface area (Å²) in [6, 6.07) is 2.48. The number of benzene rings is 1. The van der Waals surface area contributed by atoms with Crippen molar-refractivity contribution in [2.45, 2.75) is 71.1 Å². The summed E-state index contributed by atoms with van der Waals surface area (Å²) in [4.78, 5) is 44.7. The summed E-state index contributed by atoms with van der Waals surface area (Å²) in [5.41, 5.74) is -0.536. The number of fused-ring (bicyclic) bond motifs is 2. The quantitative estimate of drug-likeness (QED) is 0.290. The smallest absolute Gasteiger partial charge is 0.321 e. The maximum Gasteiger partial charge on any atom is 0.321 e. The van der Waals surface area contributed by atoms with E-state index in [1.165, 1.54) is 44.9 Å². The lowest BCUT2D eigenvalue weighted by Gasteiger charge is -2.15. The summed E-state index contributed by atoms with van der Waals surface area (Å²) < 4.78 is 33.8. The molecule has 3 N–H and O–H groups in total. The zero-order valence-corrected chi connectivity index (χ0v) is 26.6. The van der Waals surface area contributed by atoms with Crippen LogP contribution in [0.4, 0.5) is 4.79 Å². The molecule has 3 rings (SSSR count). The fraction of sp³-hybridized carbons (Fsp3) is 0.688. The Balaban J connectivity index is 1.52. The van der Waals surface area contributed by atoms with E-state index in [2.05, 4.69) is 27.5 Å². The molecular weight excluding hydrogens is 584 g/mol. The third kappa shape index (κ3) is 14.6. The van der Waals surface area contributed by atoms with E-state index in [0.717, 1.165) is 19.3 Å². The number of unbranched alkanes of at least 4 members (excludes halogenated alkanes) is 9. The normalized spacial score (nSPS) is 15.6. The molecule has 1 aromatic heterocycles. The van der Waals surface area contributed by atoms with Crippen molar-refractivity contribution in [3.8, 4) is 11.5 Å². The van der Waals surface area contributed by atoms with E-state index in [4.69, 9.17) is 28.4 Å². The third-order valence-electron chi connectivity index (χ3n) is 7.10. The van der Waals surface area contributed by atoms with Gasteiger partial charge in [-0.15, -0.1) is 0 Å². The Morgan fingerprint density at radius 2 is 1.20 bits per heavy atom. The zero-order valence-electron chi connectivity index (χ0n) is 26.6. The van der Waals surface area contributed by atoms with Gasteiger partial charge in [-0.1, -0.05) is 64.7 Å². The molecule has 0 radical (unpaired) electrons. The molecule has 13 nitrogen and oxygen atoms in total. The van der Waals surface area contributed by atoms with Crippen molar-refractivity contribution in [2.24, 2.45) is 0 Å². The highest BCUT2D eigenvalue weighted by Crippen LogP contribution is 2.31. The van der Waals surface area contributed by atoms with Gasteiger partial charge in [-0.25, -0.2) is 9.78 Å². The van der Waals surface area contributed by atoms with Gasteiger partial charge in [0.15, 0.2) is 17.2 Å². The molecule has 1 aliphatic rings. The monoisotopic (exact) mass is 634 g/mol. The van der Waals surface area contributed by atoms with E-state index >= 15 is 0 Å². The molecular formula is C32H50N4O9. The van der Waals surface area contributed by atoms with Gasteiger partial charge < -0.3 is 38.7 Å². The fourth-order valence-electron chi connectivity index (χ4n) is 4.68. The minimum absolute atomic E-state index is 0.220. The molecule has 3 amide bonds. The van der Waals surface area contributed by atoms with Crippen LogP contribution in [0.2, 0.25) is 0 Å². The van der Waals surface area contributed by atoms with E-state index in [1.54, 1.807) is 12.1 Å². The highest BCUT2D eigenvalue weighted by Gasteiger charge is 2.18. The van der Waals surface area contributed by atoms with Gasteiger partial charge in [-0.3, -0.25) is 14.9 Å². The van der Waals surface area contributed by atoms with Crippen LogP contribution in [0.15, 0.2) is 16.9 Å². The lowest BCUT2D eigenvalue weighted by molar-refractivity contribution is -0.00840. The molecule has 0 bridgehead atoms. The lowest BCUT2D eigenvalue weighted by Crippen LogP contribution is -2.42. The number of urea groups is 1. The van der Waals surface area contributed by atoms with Gasteiger partial charge >= 0.3 is 6.03 Å². The molecule has 2 heterocycles. The number of nitrogens with one attached hydrogen (secondary N) is 3. The number of hydrogen-bond donors (Lipinski definition) is 3. The van der Waals surface area contributed by atoms with E-state index in [9.17, 15) is 14.4 Å². The molecule has 0 spiro atoms. The van der Waals surface area contributed by atoms with Gasteiger partial charge in [-0.05, 0) is 6.42 Å². The van der Waals surface area contributed by atoms with Crippen LogP contribution in [0.5, 0.6) is 11.5 Å². The molecule has 0 saturated carbocycles. The number of ether oxygens (including phenoxy) is 6. The van der Waals surface area contributed by atoms with Crippen molar-refractivity contribution in [1.29, 1.82) is 0 Å². The van der Waals surface area contributed by atoms with Gasteiger partial charge in [0.25, 0.3) is 11.5 Å². The number of carbonyl (C=O) groups excluding carboxylic acids is 2. The number of carbonyl (C=O) groups is 2. The predicted molar refractivity (Wildman–Crippen MR) is 169 cm³/mol. The summed E-state index contributed by atoms with van der Waals surface area (Å²) in [7, 11) is 0. The number of H-pyrrole nitrogens is 1. The number of amides is 3. The first-order chi connectivity index (χ1) is 22.1. The first-order valence-corrected chi connectivity index (χ1v) is 16.3. The lowest BCUT2D eigenvalue weighted by atomic mass is 10.1. The molecule has 13 heteroatoms. The number of imide groups is 1. The van der Waals surface area contributed by atoms with Gasteiger partial charge in [0.1, 0.15) is 13.2 Å². The highest BCUT2D eigenvalue weighted by atomic mass is 16.6. The van der Waals surface area contributed by atoms with Crippen molar-refractivity contribution < 1.29 is 38.0 Å². The molecule has 2 aromatic rings. The van der Waals surface area contributed by atoms with Crippen LogP contribution in [0.3, 0.4) is 0 Å². The summed E-state index contributed by atoms with van der Waals surface area (Å²) in [6.45, 7) is 6.37.